The number of hydrogen-bond acceptors (Lipinski definition) is 3. The summed E-state index contributed by atoms with van der Waals surface area (Å²) < 4.78 is 0. The third-order valence-electron chi connectivity index (χ3n) is 1.38. The van der Waals surface area contributed by atoms with Gasteiger partial charge in [0.2, 0.25) is 0 Å². The lowest BCUT2D eigenvalue weighted by Crippen LogP contribution is -2.28. The molecule has 0 aliphatic heterocycles. The first-order valence-corrected chi connectivity index (χ1v) is 4.27. The molecule has 5 heteroatoms. The van der Waals surface area contributed by atoms with E-state index in [2.05, 4.69) is 15.3 Å². The first kappa shape index (κ1) is 12.0. The number of amides is 1. The maximum atomic E-state index is 11.2. The van der Waals surface area contributed by atoms with Crippen LogP contribution in [-0.4, -0.2) is 31.7 Å². The second-order valence-corrected chi connectivity index (χ2v) is 2.55. The standard InChI is InChI=1S/C8H13ClN2O2/c1-6(4-5-9)7(11-13-3)8(12)10-2/h4H,5H2,1-3H3,(H,10,12)/b6-4+,11-7+. The fourth-order valence-electron chi connectivity index (χ4n) is 0.715. The summed E-state index contributed by atoms with van der Waals surface area (Å²) in [6.07, 6.45) is 1.69. The first-order valence-electron chi connectivity index (χ1n) is 3.73. The van der Waals surface area contributed by atoms with Gasteiger partial charge < -0.3 is 10.2 Å². The topological polar surface area (TPSA) is 50.7 Å². The molecule has 0 aromatic heterocycles. The summed E-state index contributed by atoms with van der Waals surface area (Å²) >= 11 is 5.48. The highest BCUT2D eigenvalue weighted by molar-refractivity contribution is 6.45. The Balaban J connectivity index is 4.72. The van der Waals surface area contributed by atoms with Gasteiger partial charge in [-0.05, 0) is 12.5 Å². The molecule has 0 saturated carbocycles. The van der Waals surface area contributed by atoms with Crippen LogP contribution in [0.5, 0.6) is 0 Å². The van der Waals surface area contributed by atoms with Gasteiger partial charge in [0.1, 0.15) is 7.11 Å². The van der Waals surface area contributed by atoms with Gasteiger partial charge in [0.05, 0.1) is 0 Å². The monoisotopic (exact) mass is 204 g/mol. The SMILES string of the molecule is CNC(=O)C(=N/OC)/C(C)=C/CCl. The Morgan fingerprint density at radius 2 is 2.31 bits per heavy atom. The number of carbonyl (C=O) groups excluding carboxylic acids is 1. The zero-order valence-corrected chi connectivity index (χ0v) is 8.68. The van der Waals surface area contributed by atoms with Crippen LogP contribution in [0.2, 0.25) is 0 Å². The third kappa shape index (κ3) is 3.94. The van der Waals surface area contributed by atoms with Crippen molar-refractivity contribution < 1.29 is 9.63 Å². The number of alkyl halides is 1. The summed E-state index contributed by atoms with van der Waals surface area (Å²) in [6, 6.07) is 0. The molecule has 0 aromatic carbocycles. The first-order chi connectivity index (χ1) is 6.17. The Morgan fingerprint density at radius 3 is 2.69 bits per heavy atom. The normalized spacial score (nSPS) is 12.6. The van der Waals surface area contributed by atoms with Crippen molar-refractivity contribution >= 4 is 23.2 Å². The molecule has 0 heterocycles. The molecule has 0 fully saturated rings. The molecule has 0 radical (unpaired) electrons. The molecular formula is C8H13ClN2O2. The van der Waals surface area contributed by atoms with E-state index in [1.165, 1.54) is 14.2 Å². The van der Waals surface area contributed by atoms with E-state index in [1.807, 2.05) is 0 Å². The Labute approximate surface area is 82.6 Å². The van der Waals surface area contributed by atoms with E-state index in [-0.39, 0.29) is 11.6 Å². The molecule has 0 atom stereocenters. The zero-order valence-electron chi connectivity index (χ0n) is 7.93. The van der Waals surface area contributed by atoms with Gasteiger partial charge in [0.25, 0.3) is 5.91 Å². The Hall–Kier alpha value is -1.03. The number of allylic oxidation sites excluding steroid dienone is 1. The van der Waals surface area contributed by atoms with Gasteiger partial charge >= 0.3 is 0 Å². The van der Waals surface area contributed by atoms with E-state index < -0.39 is 0 Å². The van der Waals surface area contributed by atoms with Crippen molar-refractivity contribution in [1.29, 1.82) is 0 Å². The lowest BCUT2D eigenvalue weighted by Gasteiger charge is -2.03. The second-order valence-electron chi connectivity index (χ2n) is 2.24. The number of halogens is 1. The number of oxime groups is 1. The van der Waals surface area contributed by atoms with E-state index in [0.717, 1.165) is 0 Å². The number of hydrogen-bond donors (Lipinski definition) is 1. The Kier molecular flexibility index (Phi) is 5.97. The van der Waals surface area contributed by atoms with Gasteiger partial charge in [-0.1, -0.05) is 11.2 Å². The van der Waals surface area contributed by atoms with Gasteiger partial charge in [-0.3, -0.25) is 4.79 Å². The van der Waals surface area contributed by atoms with Crippen LogP contribution in [0.15, 0.2) is 16.8 Å². The van der Waals surface area contributed by atoms with Gasteiger partial charge in [0, 0.05) is 12.9 Å². The minimum Gasteiger partial charge on any atom is -0.398 e. The second kappa shape index (κ2) is 6.48. The van der Waals surface area contributed by atoms with Gasteiger partial charge in [-0.25, -0.2) is 0 Å². The lowest BCUT2D eigenvalue weighted by molar-refractivity contribution is -0.114. The van der Waals surface area contributed by atoms with Crippen molar-refractivity contribution in [3.8, 4) is 0 Å². The van der Waals surface area contributed by atoms with Crippen LogP contribution in [0.1, 0.15) is 6.92 Å². The summed E-state index contributed by atoms with van der Waals surface area (Å²) in [5, 5.41) is 6.05. The van der Waals surface area contributed by atoms with Crippen molar-refractivity contribution in [3.05, 3.63) is 11.6 Å². The lowest BCUT2D eigenvalue weighted by atomic mass is 10.1. The number of carbonyl (C=O) groups is 1. The van der Waals surface area contributed by atoms with Crippen molar-refractivity contribution in [2.24, 2.45) is 5.16 Å². The summed E-state index contributed by atoms with van der Waals surface area (Å²) in [7, 11) is 2.92. The molecule has 1 N–H and O–H groups in total. The minimum absolute atomic E-state index is 0.241. The van der Waals surface area contributed by atoms with E-state index in [0.29, 0.717) is 11.5 Å². The van der Waals surface area contributed by atoms with E-state index in [4.69, 9.17) is 11.6 Å². The smallest absolute Gasteiger partial charge is 0.273 e. The highest BCUT2D eigenvalue weighted by Gasteiger charge is 2.11. The molecule has 0 aromatic rings. The van der Waals surface area contributed by atoms with Crippen LogP contribution >= 0.6 is 11.6 Å². The molecule has 0 unspecified atom stereocenters. The van der Waals surface area contributed by atoms with Gasteiger partial charge in [-0.2, -0.15) is 0 Å². The molecule has 13 heavy (non-hydrogen) atoms. The molecule has 0 aliphatic carbocycles. The highest BCUT2D eigenvalue weighted by Crippen LogP contribution is 1.99. The zero-order chi connectivity index (χ0) is 10.3. The molecule has 0 rings (SSSR count). The van der Waals surface area contributed by atoms with Crippen LogP contribution in [0.4, 0.5) is 0 Å². The quantitative estimate of drug-likeness (QED) is 0.421. The minimum atomic E-state index is -0.291. The molecule has 1 amide bonds. The fraction of sp³-hybridized carbons (Fsp3) is 0.500. The van der Waals surface area contributed by atoms with Crippen molar-refractivity contribution in [3.63, 3.8) is 0 Å². The number of nitrogens with zero attached hydrogens (tertiary/aromatic N) is 1. The molecule has 4 nitrogen and oxygen atoms in total. The molecule has 0 spiro atoms. The van der Waals surface area contributed by atoms with Crippen LogP contribution in [0.25, 0.3) is 0 Å². The van der Waals surface area contributed by atoms with E-state index >= 15 is 0 Å². The highest BCUT2D eigenvalue weighted by atomic mass is 35.5. The predicted octanol–water partition coefficient (Wildman–Crippen LogP) is 0.920. The van der Waals surface area contributed by atoms with Gasteiger partial charge in [0.15, 0.2) is 5.71 Å². The van der Waals surface area contributed by atoms with Crippen LogP contribution < -0.4 is 5.32 Å². The molecule has 0 bridgehead atoms. The van der Waals surface area contributed by atoms with E-state index in [9.17, 15) is 4.79 Å². The van der Waals surface area contributed by atoms with Crippen LogP contribution in [0.3, 0.4) is 0 Å². The fourth-order valence-corrected chi connectivity index (χ4v) is 0.946. The average Bonchev–Trinajstić information content (AvgIpc) is 2.13. The molecule has 0 aliphatic rings. The van der Waals surface area contributed by atoms with Crippen molar-refractivity contribution in [1.82, 2.24) is 5.32 Å². The average molecular weight is 205 g/mol. The van der Waals surface area contributed by atoms with Gasteiger partial charge in [-0.15, -0.1) is 11.6 Å². The predicted molar refractivity (Wildman–Crippen MR) is 53.0 cm³/mol. The molecular weight excluding hydrogens is 192 g/mol. The summed E-state index contributed by atoms with van der Waals surface area (Å²) in [5.41, 5.74) is 0.932. The Morgan fingerprint density at radius 1 is 1.69 bits per heavy atom. The van der Waals surface area contributed by atoms with Crippen molar-refractivity contribution in [2.75, 3.05) is 20.0 Å². The summed E-state index contributed by atoms with van der Waals surface area (Å²) in [6.45, 7) is 1.75. The Bertz CT molecular complexity index is 236. The molecule has 0 saturated heterocycles. The van der Waals surface area contributed by atoms with E-state index in [1.54, 1.807) is 13.0 Å². The van der Waals surface area contributed by atoms with Crippen LogP contribution in [-0.2, 0) is 9.63 Å². The largest absolute Gasteiger partial charge is 0.398 e. The number of rotatable bonds is 4. The maximum Gasteiger partial charge on any atom is 0.273 e. The maximum absolute atomic E-state index is 11.2. The van der Waals surface area contributed by atoms with Crippen molar-refractivity contribution in [2.45, 2.75) is 6.92 Å². The number of nitrogens with one attached hydrogen (secondary N) is 1. The summed E-state index contributed by atoms with van der Waals surface area (Å²) in [4.78, 5) is 15.8. The molecule has 74 valence electrons. The summed E-state index contributed by atoms with van der Waals surface area (Å²) in [5.74, 6) is 0.0478. The van der Waals surface area contributed by atoms with Crippen LogP contribution in [0, 0.1) is 0 Å². The third-order valence-corrected chi connectivity index (χ3v) is 1.54.